The number of rotatable bonds is 6. The lowest BCUT2D eigenvalue weighted by atomic mass is 9.83. The number of halogens is 1. The van der Waals surface area contributed by atoms with Crippen molar-refractivity contribution in [2.45, 2.75) is 67.2 Å². The monoisotopic (exact) mass is 677 g/mol. The van der Waals surface area contributed by atoms with E-state index in [-0.39, 0.29) is 29.2 Å². The molecule has 2 saturated heterocycles. The van der Waals surface area contributed by atoms with Crippen LogP contribution in [0.1, 0.15) is 69.8 Å². The second kappa shape index (κ2) is 18.2. The summed E-state index contributed by atoms with van der Waals surface area (Å²) < 4.78 is 21.8. The number of aryl methyl sites for hydroxylation is 1. The number of hydrogen-bond donors (Lipinski definition) is 3. The second-order valence-corrected chi connectivity index (χ2v) is 12.9. The minimum Gasteiger partial charge on any atom is -0.461 e. The lowest BCUT2D eigenvalue weighted by molar-refractivity contribution is -0.125. The fraction of sp³-hybridized carbons (Fsp3) is 0.474. The van der Waals surface area contributed by atoms with Crippen molar-refractivity contribution < 1.29 is 28.2 Å². The molecule has 0 bridgehead atoms. The molecule has 0 aromatic heterocycles. The van der Waals surface area contributed by atoms with Crippen molar-refractivity contribution in [3.8, 4) is 0 Å². The van der Waals surface area contributed by atoms with E-state index in [0.29, 0.717) is 56.3 Å². The summed E-state index contributed by atoms with van der Waals surface area (Å²) in [6.07, 6.45) is 12.6. The summed E-state index contributed by atoms with van der Waals surface area (Å²) in [5.74, 6) is 1.91. The van der Waals surface area contributed by atoms with Gasteiger partial charge in [0.2, 0.25) is 12.3 Å². The number of allylic oxidation sites excluding steroid dienone is 6. The Balaban J connectivity index is 0.000000266. The molecule has 2 unspecified atom stereocenters. The van der Waals surface area contributed by atoms with Gasteiger partial charge < -0.3 is 30.3 Å². The predicted molar refractivity (Wildman–Crippen MR) is 193 cm³/mol. The quantitative estimate of drug-likeness (QED) is 0.279. The first-order valence-electron chi connectivity index (χ1n) is 16.8. The van der Waals surface area contributed by atoms with Gasteiger partial charge in [-0.15, -0.1) is 0 Å². The third kappa shape index (κ3) is 11.5. The zero-order chi connectivity index (χ0) is 36.1. The maximum absolute atomic E-state index is 13.0. The van der Waals surface area contributed by atoms with Crippen LogP contribution in [-0.2, 0) is 14.3 Å². The number of alkyl halides is 1. The Morgan fingerprint density at radius 2 is 1.98 bits per heavy atom. The van der Waals surface area contributed by atoms with Crippen LogP contribution >= 0.6 is 0 Å². The number of hydrogen-bond acceptors (Lipinski definition) is 7. The van der Waals surface area contributed by atoms with Gasteiger partial charge in [0.15, 0.2) is 0 Å². The molecule has 1 aliphatic carbocycles. The third-order valence-electron chi connectivity index (χ3n) is 8.89. The van der Waals surface area contributed by atoms with E-state index < -0.39 is 6.36 Å². The van der Waals surface area contributed by atoms with Crippen molar-refractivity contribution >= 4 is 29.4 Å². The van der Waals surface area contributed by atoms with Gasteiger partial charge in [0.25, 0.3) is 5.91 Å². The first-order valence-corrected chi connectivity index (χ1v) is 16.8. The van der Waals surface area contributed by atoms with Gasteiger partial charge in [0.1, 0.15) is 18.2 Å². The average molecular weight is 678 g/mol. The van der Waals surface area contributed by atoms with Crippen molar-refractivity contribution in [1.29, 1.82) is 0 Å². The summed E-state index contributed by atoms with van der Waals surface area (Å²) in [5, 5.41) is 8.48. The molecular weight excluding hydrogens is 625 g/mol. The molecule has 3 amide bonds. The van der Waals surface area contributed by atoms with Crippen molar-refractivity contribution in [3.05, 3.63) is 89.4 Å². The molecule has 10 nitrogen and oxygen atoms in total. The first-order chi connectivity index (χ1) is 23.2. The number of cyclic esters (lactones) is 1. The molecule has 1 aromatic rings. The van der Waals surface area contributed by atoms with E-state index in [2.05, 4.69) is 65.2 Å². The number of ether oxygens (including phenoxy) is 2. The zero-order valence-corrected chi connectivity index (χ0v) is 29.9. The summed E-state index contributed by atoms with van der Waals surface area (Å²) in [6, 6.07) is 5.72. The van der Waals surface area contributed by atoms with Gasteiger partial charge in [-0.2, -0.15) is 0 Å². The van der Waals surface area contributed by atoms with E-state index in [1.165, 1.54) is 12.5 Å². The Labute approximate surface area is 290 Å². The topological polar surface area (TPSA) is 121 Å². The van der Waals surface area contributed by atoms with Crippen molar-refractivity contribution in [3.63, 3.8) is 0 Å². The van der Waals surface area contributed by atoms with E-state index in [1.807, 2.05) is 55.2 Å². The number of nitrogens with zero attached hydrogens (tertiary/aromatic N) is 2. The standard InChI is InChI=1S/C23H30N4O2.C12H17FO.C3H5NO2/c1-15-14-18(26-20-16(2)23(3,4)10-11-25-20)6-7-19(15)22(29)27-12-8-17(9-13-27)21(28)24-5;1-4-9(2)11-5-7-12(8-6-11)14-10(3)13;5-3-4-1-2-6-3/h6-7,10-11,14,17H,2,8-9,12-13H2,1,3-5H3,(H,24,28)(H,25,26);4-5,7-8,10-11H,6H2,1-3H3;1-2H2,(H,4,5)/b;9-4+;. The minimum absolute atomic E-state index is 0.000564. The van der Waals surface area contributed by atoms with Crippen LogP contribution in [0.2, 0.25) is 0 Å². The number of amidine groups is 1. The molecule has 49 heavy (non-hydrogen) atoms. The number of anilines is 1. The molecule has 4 aliphatic rings. The number of alkyl carbamates (subject to hydrolysis) is 1. The number of benzene rings is 1. The van der Waals surface area contributed by atoms with E-state index in [4.69, 9.17) is 4.74 Å². The molecule has 1 aromatic carbocycles. The van der Waals surface area contributed by atoms with Gasteiger partial charge in [-0.05, 0) is 81.5 Å². The molecule has 0 saturated carbocycles. The molecule has 3 aliphatic heterocycles. The maximum Gasteiger partial charge on any atom is 0.407 e. The second-order valence-electron chi connectivity index (χ2n) is 12.9. The highest BCUT2D eigenvalue weighted by atomic mass is 19.1. The van der Waals surface area contributed by atoms with Gasteiger partial charge in [0, 0.05) is 61.8 Å². The van der Waals surface area contributed by atoms with Crippen LogP contribution in [0.4, 0.5) is 14.9 Å². The Morgan fingerprint density at radius 1 is 1.27 bits per heavy atom. The van der Waals surface area contributed by atoms with Crippen LogP contribution in [0.3, 0.4) is 0 Å². The number of carbonyl (C=O) groups is 3. The molecule has 2 atom stereocenters. The highest BCUT2D eigenvalue weighted by Crippen LogP contribution is 2.31. The van der Waals surface area contributed by atoms with Crippen LogP contribution in [0.5, 0.6) is 0 Å². The largest absolute Gasteiger partial charge is 0.461 e. The maximum atomic E-state index is 13.0. The summed E-state index contributed by atoms with van der Waals surface area (Å²) in [5.41, 5.74) is 4.60. The van der Waals surface area contributed by atoms with Gasteiger partial charge in [-0.3, -0.25) is 9.59 Å². The number of nitrogens with one attached hydrogen (secondary N) is 3. The fourth-order valence-corrected chi connectivity index (χ4v) is 5.50. The number of carbonyl (C=O) groups excluding carboxylic acids is 3. The molecule has 5 rings (SSSR count). The van der Waals surface area contributed by atoms with Crippen LogP contribution in [0, 0.1) is 24.2 Å². The molecule has 2 fully saturated rings. The summed E-state index contributed by atoms with van der Waals surface area (Å²) >= 11 is 0. The Bertz CT molecular complexity index is 1510. The average Bonchev–Trinajstić information content (AvgIpc) is 3.57. The Kier molecular flexibility index (Phi) is 14.4. The smallest absolute Gasteiger partial charge is 0.407 e. The number of piperidine rings is 1. The SMILES string of the molecule is C/C=C(\C)C1C=CC(OC(C)F)=CC1.C=C1C(Nc2ccc(C(=O)N3CCC(C(=O)NC)CC3)c(C)c2)=NC=CC1(C)C.O=C1NCCO1. The van der Waals surface area contributed by atoms with E-state index >= 15 is 0 Å². The molecule has 3 N–H and O–H groups in total. The lowest BCUT2D eigenvalue weighted by Crippen LogP contribution is -2.42. The van der Waals surface area contributed by atoms with Gasteiger partial charge in [-0.25, -0.2) is 14.2 Å². The molecule has 266 valence electrons. The van der Waals surface area contributed by atoms with E-state index in [9.17, 15) is 18.8 Å². The normalized spacial score (nSPS) is 20.6. The van der Waals surface area contributed by atoms with Crippen LogP contribution in [0.15, 0.2) is 83.3 Å². The first kappa shape index (κ1) is 38.8. The van der Waals surface area contributed by atoms with Crippen molar-refractivity contribution in [2.24, 2.45) is 22.2 Å². The van der Waals surface area contributed by atoms with Crippen LogP contribution < -0.4 is 16.0 Å². The van der Waals surface area contributed by atoms with E-state index in [1.54, 1.807) is 13.2 Å². The zero-order valence-electron chi connectivity index (χ0n) is 29.9. The molecule has 0 spiro atoms. The third-order valence-corrected chi connectivity index (χ3v) is 8.89. The highest BCUT2D eigenvalue weighted by molar-refractivity contribution is 6.09. The molecule has 11 heteroatoms. The fourth-order valence-electron chi connectivity index (χ4n) is 5.50. The summed E-state index contributed by atoms with van der Waals surface area (Å²) in [7, 11) is 1.66. The van der Waals surface area contributed by atoms with Crippen LogP contribution in [0.25, 0.3) is 0 Å². The molecule has 0 radical (unpaired) electrons. The van der Waals surface area contributed by atoms with E-state index in [0.717, 1.165) is 29.1 Å². The highest BCUT2D eigenvalue weighted by Gasteiger charge is 2.28. The van der Waals surface area contributed by atoms with Crippen LogP contribution in [-0.4, -0.2) is 68.3 Å². The Morgan fingerprint density at radius 3 is 2.49 bits per heavy atom. The Hall–Kier alpha value is -4.67. The minimum atomic E-state index is -1.23. The lowest BCUT2D eigenvalue weighted by Gasteiger charge is -2.31. The summed E-state index contributed by atoms with van der Waals surface area (Å²) in [6.45, 7) is 18.2. The predicted octanol–water partition coefficient (Wildman–Crippen LogP) is 6.98. The summed E-state index contributed by atoms with van der Waals surface area (Å²) in [4.78, 5) is 40.9. The number of amides is 3. The van der Waals surface area contributed by atoms with Gasteiger partial charge >= 0.3 is 6.09 Å². The molecular formula is C38H52FN5O5. The number of aliphatic imine (C=N–C) groups is 1. The number of likely N-dealkylation sites (tertiary alicyclic amines) is 1. The molecule has 3 heterocycles. The van der Waals surface area contributed by atoms with Crippen molar-refractivity contribution in [1.82, 2.24) is 15.5 Å². The van der Waals surface area contributed by atoms with Gasteiger partial charge in [-0.1, -0.05) is 44.2 Å². The van der Waals surface area contributed by atoms with Crippen molar-refractivity contribution in [2.75, 3.05) is 38.6 Å². The van der Waals surface area contributed by atoms with Gasteiger partial charge in [0.05, 0.1) is 6.54 Å².